The highest BCUT2D eigenvalue weighted by Crippen LogP contribution is 2.26. The maximum atomic E-state index is 12.2. The highest BCUT2D eigenvalue weighted by atomic mass is 16.6. The second kappa shape index (κ2) is 7.27. The summed E-state index contributed by atoms with van der Waals surface area (Å²) in [5.41, 5.74) is 0.0408. The van der Waals surface area contributed by atoms with E-state index in [4.69, 9.17) is 14.0 Å². The van der Waals surface area contributed by atoms with E-state index in [9.17, 15) is 4.79 Å². The molecule has 9 heteroatoms. The molecule has 2 aromatic heterocycles. The van der Waals surface area contributed by atoms with Gasteiger partial charge in [0, 0.05) is 13.1 Å². The van der Waals surface area contributed by atoms with Crippen LogP contribution in [0.1, 0.15) is 33.6 Å². The lowest BCUT2D eigenvalue weighted by molar-refractivity contribution is -0.160. The summed E-state index contributed by atoms with van der Waals surface area (Å²) >= 11 is 0. The summed E-state index contributed by atoms with van der Waals surface area (Å²) in [6, 6.07) is 0.417. The Morgan fingerprint density at radius 1 is 1.23 bits per heavy atom. The molecule has 0 radical (unpaired) electrons. The van der Waals surface area contributed by atoms with E-state index in [1.807, 2.05) is 25.7 Å². The molecule has 0 unspecified atom stereocenters. The first kappa shape index (κ1) is 18.1. The minimum Gasteiger partial charge on any atom is -0.480 e. The van der Waals surface area contributed by atoms with Crippen molar-refractivity contribution in [1.82, 2.24) is 20.1 Å². The molecular weight excluding hydrogens is 338 g/mol. The normalized spacial score (nSPS) is 15.8. The Morgan fingerprint density at radius 2 is 1.96 bits per heavy atom. The zero-order valence-corrected chi connectivity index (χ0v) is 15.4. The van der Waals surface area contributed by atoms with E-state index >= 15 is 0 Å². The van der Waals surface area contributed by atoms with Crippen LogP contribution in [0.25, 0.3) is 11.5 Å². The standard InChI is InChI=1S/C17H23N5O4/c1-17(2,3)25-15(23)11-5-7-22(8-6-11)16-20-14(21-26-16)12-9-19-13(24-4)10-18-12/h9-11H,5-8H2,1-4H3. The Bertz CT molecular complexity index is 745. The molecule has 2 aromatic rings. The van der Waals surface area contributed by atoms with Crippen LogP contribution in [0.3, 0.4) is 0 Å². The van der Waals surface area contributed by atoms with Crippen LogP contribution in [0.2, 0.25) is 0 Å². The Kier molecular flexibility index (Phi) is 5.06. The number of nitrogens with zero attached hydrogens (tertiary/aromatic N) is 5. The largest absolute Gasteiger partial charge is 0.480 e. The molecule has 1 aliphatic rings. The molecular formula is C17H23N5O4. The average Bonchev–Trinajstić information content (AvgIpc) is 3.10. The molecule has 1 saturated heterocycles. The molecule has 1 aliphatic heterocycles. The van der Waals surface area contributed by atoms with Crippen LogP contribution in [-0.4, -0.2) is 51.9 Å². The maximum absolute atomic E-state index is 12.2. The second-order valence-electron chi connectivity index (χ2n) is 7.14. The van der Waals surface area contributed by atoms with E-state index in [2.05, 4.69) is 20.1 Å². The number of piperidine rings is 1. The molecule has 0 N–H and O–H groups in total. The van der Waals surface area contributed by atoms with E-state index in [1.54, 1.807) is 0 Å². The van der Waals surface area contributed by atoms with Crippen molar-refractivity contribution in [3.05, 3.63) is 12.4 Å². The van der Waals surface area contributed by atoms with Gasteiger partial charge in [-0.2, -0.15) is 4.98 Å². The van der Waals surface area contributed by atoms with E-state index < -0.39 is 5.60 Å². The summed E-state index contributed by atoms with van der Waals surface area (Å²) in [6.07, 6.45) is 4.41. The SMILES string of the molecule is COc1cnc(-c2noc(N3CCC(C(=O)OC(C)(C)C)CC3)n2)cn1. The van der Waals surface area contributed by atoms with Crippen molar-refractivity contribution in [2.75, 3.05) is 25.1 Å². The molecule has 1 fully saturated rings. The van der Waals surface area contributed by atoms with Gasteiger partial charge in [0.25, 0.3) is 0 Å². The Balaban J connectivity index is 1.60. The first-order valence-corrected chi connectivity index (χ1v) is 8.53. The molecule has 140 valence electrons. The molecule has 9 nitrogen and oxygen atoms in total. The van der Waals surface area contributed by atoms with Crippen molar-refractivity contribution in [3.8, 4) is 17.4 Å². The molecule has 3 rings (SSSR count). The number of esters is 1. The topological polar surface area (TPSA) is 103 Å². The fourth-order valence-electron chi connectivity index (χ4n) is 2.68. The predicted octanol–water partition coefficient (Wildman–Crippen LogP) is 2.09. The van der Waals surface area contributed by atoms with Crippen molar-refractivity contribution < 1.29 is 18.8 Å². The zero-order valence-electron chi connectivity index (χ0n) is 15.4. The molecule has 0 aromatic carbocycles. The summed E-state index contributed by atoms with van der Waals surface area (Å²) < 4.78 is 15.8. The fraction of sp³-hybridized carbons (Fsp3) is 0.588. The van der Waals surface area contributed by atoms with E-state index in [0.717, 1.165) is 0 Å². The van der Waals surface area contributed by atoms with Crippen LogP contribution in [0.15, 0.2) is 16.9 Å². The molecule has 0 bridgehead atoms. The van der Waals surface area contributed by atoms with Crippen LogP contribution < -0.4 is 9.64 Å². The molecule has 0 spiro atoms. The summed E-state index contributed by atoms with van der Waals surface area (Å²) in [6.45, 7) is 6.94. The van der Waals surface area contributed by atoms with Gasteiger partial charge < -0.3 is 18.9 Å². The number of methoxy groups -OCH3 is 1. The number of rotatable bonds is 4. The van der Waals surface area contributed by atoms with Gasteiger partial charge in [-0.1, -0.05) is 5.16 Å². The Morgan fingerprint density at radius 3 is 2.54 bits per heavy atom. The third-order valence-electron chi connectivity index (χ3n) is 3.99. The summed E-state index contributed by atoms with van der Waals surface area (Å²) in [7, 11) is 1.52. The second-order valence-corrected chi connectivity index (χ2v) is 7.14. The molecule has 26 heavy (non-hydrogen) atoms. The number of hydrogen-bond donors (Lipinski definition) is 0. The summed E-state index contributed by atoms with van der Waals surface area (Å²) in [5, 5.41) is 3.96. The summed E-state index contributed by atoms with van der Waals surface area (Å²) in [4.78, 5) is 26.8. The molecule has 0 saturated carbocycles. The van der Waals surface area contributed by atoms with Crippen LogP contribution in [-0.2, 0) is 9.53 Å². The van der Waals surface area contributed by atoms with E-state index in [-0.39, 0.29) is 11.9 Å². The van der Waals surface area contributed by atoms with E-state index in [1.165, 1.54) is 19.5 Å². The molecule has 0 atom stereocenters. The van der Waals surface area contributed by atoms with Crippen molar-refractivity contribution in [1.29, 1.82) is 0 Å². The third kappa shape index (κ3) is 4.27. The minimum absolute atomic E-state index is 0.0969. The molecule has 0 amide bonds. The lowest BCUT2D eigenvalue weighted by Gasteiger charge is -2.31. The van der Waals surface area contributed by atoms with Crippen LogP contribution >= 0.6 is 0 Å². The monoisotopic (exact) mass is 361 g/mol. The maximum Gasteiger partial charge on any atom is 0.324 e. The lowest BCUT2D eigenvalue weighted by atomic mass is 9.97. The fourth-order valence-corrected chi connectivity index (χ4v) is 2.68. The van der Waals surface area contributed by atoms with Gasteiger partial charge in [-0.15, -0.1) is 0 Å². The van der Waals surface area contributed by atoms with Gasteiger partial charge in [0.05, 0.1) is 25.4 Å². The van der Waals surface area contributed by atoms with Crippen LogP contribution in [0, 0.1) is 5.92 Å². The molecule has 3 heterocycles. The number of aromatic nitrogens is 4. The Labute approximate surface area is 151 Å². The number of ether oxygens (including phenoxy) is 2. The third-order valence-corrected chi connectivity index (χ3v) is 3.99. The van der Waals surface area contributed by atoms with Gasteiger partial charge >= 0.3 is 12.0 Å². The first-order chi connectivity index (χ1) is 12.4. The highest BCUT2D eigenvalue weighted by Gasteiger charge is 2.30. The van der Waals surface area contributed by atoms with E-state index in [0.29, 0.717) is 49.3 Å². The smallest absolute Gasteiger partial charge is 0.324 e. The zero-order chi connectivity index (χ0) is 18.7. The van der Waals surface area contributed by atoms with Crippen molar-refractivity contribution >= 4 is 12.0 Å². The molecule has 0 aliphatic carbocycles. The van der Waals surface area contributed by atoms with Crippen molar-refractivity contribution in [3.63, 3.8) is 0 Å². The van der Waals surface area contributed by atoms with Crippen LogP contribution in [0.5, 0.6) is 5.88 Å². The predicted molar refractivity (Wildman–Crippen MR) is 92.7 cm³/mol. The van der Waals surface area contributed by atoms with Gasteiger partial charge in [-0.05, 0) is 33.6 Å². The number of carbonyl (C=O) groups excluding carboxylic acids is 1. The number of carbonyl (C=O) groups is 1. The van der Waals surface area contributed by atoms with Crippen molar-refractivity contribution in [2.45, 2.75) is 39.2 Å². The summed E-state index contributed by atoms with van der Waals surface area (Å²) in [5.74, 6) is 0.545. The van der Waals surface area contributed by atoms with Gasteiger partial charge in [-0.3, -0.25) is 4.79 Å². The van der Waals surface area contributed by atoms with Crippen LogP contribution in [0.4, 0.5) is 6.01 Å². The number of hydrogen-bond acceptors (Lipinski definition) is 9. The highest BCUT2D eigenvalue weighted by molar-refractivity contribution is 5.73. The minimum atomic E-state index is -0.463. The van der Waals surface area contributed by atoms with Gasteiger partial charge in [-0.25, -0.2) is 9.97 Å². The van der Waals surface area contributed by atoms with Gasteiger partial charge in [0.1, 0.15) is 11.3 Å². The first-order valence-electron chi connectivity index (χ1n) is 8.53. The van der Waals surface area contributed by atoms with Gasteiger partial charge in [0.15, 0.2) is 0 Å². The average molecular weight is 361 g/mol. The van der Waals surface area contributed by atoms with Crippen molar-refractivity contribution in [2.24, 2.45) is 5.92 Å². The quantitative estimate of drug-likeness (QED) is 0.757. The van der Waals surface area contributed by atoms with Gasteiger partial charge in [0.2, 0.25) is 11.7 Å². The lowest BCUT2D eigenvalue weighted by Crippen LogP contribution is -2.39. The number of anilines is 1. The Hall–Kier alpha value is -2.71.